The Morgan fingerprint density at radius 1 is 1.26 bits per heavy atom. The highest BCUT2D eigenvalue weighted by Crippen LogP contribution is 2.41. The van der Waals surface area contributed by atoms with Crippen LogP contribution in [-0.2, 0) is 4.74 Å². The lowest BCUT2D eigenvalue weighted by molar-refractivity contribution is 0.184. The molecule has 3 N–H and O–H groups in total. The molecule has 2 aliphatic rings. The number of H-pyrrole nitrogens is 1. The number of fused-ring (bicyclic) bond motifs is 1. The third-order valence-corrected chi connectivity index (χ3v) is 5.48. The summed E-state index contributed by atoms with van der Waals surface area (Å²) < 4.78 is 7.26. The van der Waals surface area contributed by atoms with E-state index in [2.05, 4.69) is 44.8 Å². The molecule has 0 aromatic carbocycles. The molecule has 0 amide bonds. The van der Waals surface area contributed by atoms with Gasteiger partial charge in [0.1, 0.15) is 11.5 Å². The van der Waals surface area contributed by atoms with Crippen LogP contribution >= 0.6 is 0 Å². The molecule has 1 aliphatic carbocycles. The monoisotopic (exact) mass is 368 g/mol. The van der Waals surface area contributed by atoms with E-state index in [9.17, 15) is 0 Å². The van der Waals surface area contributed by atoms with E-state index in [1.54, 1.807) is 0 Å². The Kier molecular flexibility index (Phi) is 3.78. The summed E-state index contributed by atoms with van der Waals surface area (Å²) >= 11 is 0. The second-order valence-corrected chi connectivity index (χ2v) is 7.98. The maximum atomic E-state index is 5.42. The van der Waals surface area contributed by atoms with Gasteiger partial charge in [0.05, 0.1) is 24.2 Å². The van der Waals surface area contributed by atoms with Crippen molar-refractivity contribution in [3.05, 3.63) is 18.5 Å². The third-order valence-electron chi connectivity index (χ3n) is 5.48. The maximum Gasteiger partial charge on any atom is 0.232 e. The van der Waals surface area contributed by atoms with Gasteiger partial charge < -0.3 is 20.4 Å². The second-order valence-electron chi connectivity index (χ2n) is 7.98. The van der Waals surface area contributed by atoms with Gasteiger partial charge in [0.2, 0.25) is 5.95 Å². The number of rotatable bonds is 6. The number of nitrogens with one attached hydrogen (secondary N) is 3. The Morgan fingerprint density at radius 2 is 2.15 bits per heavy atom. The standard InChI is InChI=1S/C18H24N8O/c1-18(2,11-3-4-11)23-16-13-5-7-19-15(13)21-17(22-16)20-14-9-26(25-24-14)12-6-8-27-10-12/h5,7,9,11-12H,3-4,6,8,10H2,1-2H3,(H3,19,20,21,22,23)/t12-/m1/s1. The van der Waals surface area contributed by atoms with Crippen LogP contribution in [0.2, 0.25) is 0 Å². The minimum absolute atomic E-state index is 0.00142. The van der Waals surface area contributed by atoms with Crippen molar-refractivity contribution < 1.29 is 4.74 Å². The van der Waals surface area contributed by atoms with E-state index in [1.165, 1.54) is 12.8 Å². The van der Waals surface area contributed by atoms with Crippen LogP contribution in [0.4, 0.5) is 17.6 Å². The summed E-state index contributed by atoms with van der Waals surface area (Å²) in [6.07, 6.45) is 7.25. The first-order valence-electron chi connectivity index (χ1n) is 9.48. The Hall–Kier alpha value is -2.68. The highest BCUT2D eigenvalue weighted by molar-refractivity contribution is 5.88. The van der Waals surface area contributed by atoms with Gasteiger partial charge in [-0.15, -0.1) is 5.10 Å². The number of ether oxygens (including phenoxy) is 1. The normalized spacial score (nSPS) is 20.3. The largest absolute Gasteiger partial charge is 0.379 e. The molecule has 0 unspecified atom stereocenters. The van der Waals surface area contributed by atoms with Crippen molar-refractivity contribution in [2.75, 3.05) is 23.8 Å². The van der Waals surface area contributed by atoms with Gasteiger partial charge in [-0.1, -0.05) is 5.21 Å². The lowest BCUT2D eigenvalue weighted by Crippen LogP contribution is -2.33. The predicted molar refractivity (Wildman–Crippen MR) is 102 cm³/mol. The summed E-state index contributed by atoms with van der Waals surface area (Å²) in [5.74, 6) is 2.64. The van der Waals surface area contributed by atoms with Gasteiger partial charge in [-0.3, -0.25) is 0 Å². The van der Waals surface area contributed by atoms with Crippen molar-refractivity contribution in [2.45, 2.75) is 44.7 Å². The molecule has 1 saturated heterocycles. The lowest BCUT2D eigenvalue weighted by Gasteiger charge is -2.27. The number of aromatic nitrogens is 6. The molecular weight excluding hydrogens is 344 g/mol. The molecule has 1 aliphatic heterocycles. The first-order valence-corrected chi connectivity index (χ1v) is 9.48. The molecule has 1 atom stereocenters. The van der Waals surface area contributed by atoms with Crippen LogP contribution in [0.3, 0.4) is 0 Å². The minimum Gasteiger partial charge on any atom is -0.379 e. The van der Waals surface area contributed by atoms with Crippen molar-refractivity contribution >= 4 is 28.6 Å². The van der Waals surface area contributed by atoms with Crippen LogP contribution < -0.4 is 10.6 Å². The maximum absolute atomic E-state index is 5.42. The summed E-state index contributed by atoms with van der Waals surface area (Å²) in [7, 11) is 0. The SMILES string of the molecule is CC(C)(Nc1nc(Nc2cn([C@@H]3CCOC3)nn2)nc2[nH]ccc12)C1CC1. The van der Waals surface area contributed by atoms with Crippen LogP contribution in [0.25, 0.3) is 11.0 Å². The Morgan fingerprint density at radius 3 is 2.93 bits per heavy atom. The molecule has 27 heavy (non-hydrogen) atoms. The minimum atomic E-state index is 0.00142. The van der Waals surface area contributed by atoms with E-state index < -0.39 is 0 Å². The molecule has 142 valence electrons. The average Bonchev–Trinajstić information content (AvgIpc) is 3.02. The van der Waals surface area contributed by atoms with E-state index >= 15 is 0 Å². The zero-order valence-corrected chi connectivity index (χ0v) is 15.6. The van der Waals surface area contributed by atoms with Gasteiger partial charge in [-0.2, -0.15) is 9.97 Å². The van der Waals surface area contributed by atoms with Gasteiger partial charge in [0.15, 0.2) is 5.82 Å². The van der Waals surface area contributed by atoms with Crippen molar-refractivity contribution in [3.63, 3.8) is 0 Å². The van der Waals surface area contributed by atoms with E-state index in [-0.39, 0.29) is 11.6 Å². The fraction of sp³-hybridized carbons (Fsp3) is 0.556. The van der Waals surface area contributed by atoms with E-state index in [0.717, 1.165) is 29.9 Å². The molecule has 5 rings (SSSR count). The molecule has 9 heteroatoms. The summed E-state index contributed by atoms with van der Waals surface area (Å²) in [4.78, 5) is 12.5. The number of nitrogens with zero attached hydrogens (tertiary/aromatic N) is 5. The molecular formula is C18H24N8O. The highest BCUT2D eigenvalue weighted by atomic mass is 16.5. The zero-order valence-electron chi connectivity index (χ0n) is 15.6. The van der Waals surface area contributed by atoms with Crippen LogP contribution in [-0.4, -0.2) is 48.7 Å². The summed E-state index contributed by atoms with van der Waals surface area (Å²) in [6, 6.07) is 2.25. The third kappa shape index (κ3) is 3.23. The molecule has 2 fully saturated rings. The summed E-state index contributed by atoms with van der Waals surface area (Å²) in [5.41, 5.74) is 0.791. The highest BCUT2D eigenvalue weighted by Gasteiger charge is 2.38. The van der Waals surface area contributed by atoms with Gasteiger partial charge in [0, 0.05) is 18.3 Å². The predicted octanol–water partition coefficient (Wildman–Crippen LogP) is 2.85. The summed E-state index contributed by atoms with van der Waals surface area (Å²) in [6.45, 7) is 5.91. The van der Waals surface area contributed by atoms with Crippen LogP contribution in [0, 0.1) is 5.92 Å². The van der Waals surface area contributed by atoms with Crippen molar-refractivity contribution in [1.29, 1.82) is 0 Å². The average molecular weight is 368 g/mol. The van der Waals surface area contributed by atoms with Gasteiger partial charge in [-0.25, -0.2) is 4.68 Å². The molecule has 1 saturated carbocycles. The molecule has 3 aromatic rings. The van der Waals surface area contributed by atoms with E-state index in [1.807, 2.05) is 23.1 Å². The number of aromatic amines is 1. The lowest BCUT2D eigenvalue weighted by atomic mass is 9.99. The Labute approximate surface area is 156 Å². The Balaban J connectivity index is 1.41. The Bertz CT molecular complexity index is 951. The van der Waals surface area contributed by atoms with Crippen molar-refractivity contribution in [3.8, 4) is 0 Å². The van der Waals surface area contributed by atoms with E-state index in [4.69, 9.17) is 9.72 Å². The molecule has 0 radical (unpaired) electrons. The molecule has 0 spiro atoms. The van der Waals surface area contributed by atoms with Crippen LogP contribution in [0.5, 0.6) is 0 Å². The molecule has 0 bridgehead atoms. The smallest absolute Gasteiger partial charge is 0.232 e. The topological polar surface area (TPSA) is 106 Å². The van der Waals surface area contributed by atoms with Gasteiger partial charge in [0.25, 0.3) is 0 Å². The van der Waals surface area contributed by atoms with Gasteiger partial charge in [-0.05, 0) is 45.1 Å². The number of hydrogen-bond acceptors (Lipinski definition) is 7. The fourth-order valence-electron chi connectivity index (χ4n) is 3.66. The van der Waals surface area contributed by atoms with Crippen LogP contribution in [0.15, 0.2) is 18.5 Å². The molecule has 4 heterocycles. The second kappa shape index (κ2) is 6.19. The quantitative estimate of drug-likeness (QED) is 0.614. The zero-order chi connectivity index (χ0) is 18.4. The van der Waals surface area contributed by atoms with E-state index in [0.29, 0.717) is 24.3 Å². The van der Waals surface area contributed by atoms with Crippen molar-refractivity contribution in [2.24, 2.45) is 5.92 Å². The molecule has 3 aromatic heterocycles. The van der Waals surface area contributed by atoms with Gasteiger partial charge >= 0.3 is 0 Å². The van der Waals surface area contributed by atoms with Crippen LogP contribution in [0.1, 0.15) is 39.2 Å². The fourth-order valence-corrected chi connectivity index (χ4v) is 3.66. The number of anilines is 3. The molecule has 9 nitrogen and oxygen atoms in total. The first kappa shape index (κ1) is 16.5. The first-order chi connectivity index (χ1) is 13.1. The number of hydrogen-bond donors (Lipinski definition) is 3. The van der Waals surface area contributed by atoms with Crippen molar-refractivity contribution in [1.82, 2.24) is 29.9 Å². The summed E-state index contributed by atoms with van der Waals surface area (Å²) in [5, 5.41) is 16.2.